The molecular formula is C24H14BrClN2O4. The van der Waals surface area contributed by atoms with E-state index < -0.39 is 27.5 Å². The van der Waals surface area contributed by atoms with Crippen molar-refractivity contribution in [2.24, 2.45) is 11.8 Å². The average Bonchev–Trinajstić information content (AvgIpc) is 3.06. The minimum Gasteiger partial charge on any atom is -0.274 e. The molecular weight excluding hydrogens is 496 g/mol. The summed E-state index contributed by atoms with van der Waals surface area (Å²) >= 11 is 10.7. The van der Waals surface area contributed by atoms with Gasteiger partial charge in [0, 0.05) is 22.5 Å². The van der Waals surface area contributed by atoms with Crippen molar-refractivity contribution in [2.45, 2.75) is 10.8 Å². The third kappa shape index (κ3) is 2.25. The predicted molar refractivity (Wildman–Crippen MR) is 122 cm³/mol. The molecule has 1 heterocycles. The zero-order valence-corrected chi connectivity index (χ0v) is 18.7. The lowest BCUT2D eigenvalue weighted by Crippen LogP contribution is -2.50. The molecule has 32 heavy (non-hydrogen) atoms. The Morgan fingerprint density at radius 3 is 2.09 bits per heavy atom. The van der Waals surface area contributed by atoms with Crippen molar-refractivity contribution in [3.05, 3.63) is 104 Å². The Balaban J connectivity index is 1.57. The summed E-state index contributed by atoms with van der Waals surface area (Å²) in [4.78, 5) is 38.1. The summed E-state index contributed by atoms with van der Waals surface area (Å²) in [6, 6.07) is 19.5. The molecule has 0 aromatic heterocycles. The zero-order valence-electron chi connectivity index (χ0n) is 16.4. The largest absolute Gasteiger partial charge is 0.274 e. The number of rotatable bonds is 2. The van der Waals surface area contributed by atoms with Gasteiger partial charge in [-0.05, 0) is 44.3 Å². The molecule has 0 N–H and O–H groups in total. The Morgan fingerprint density at radius 2 is 1.53 bits per heavy atom. The molecule has 8 heteroatoms. The van der Waals surface area contributed by atoms with Crippen molar-refractivity contribution >= 4 is 50.7 Å². The van der Waals surface area contributed by atoms with Gasteiger partial charge in [-0.1, -0.05) is 48.5 Å². The van der Waals surface area contributed by atoms with Gasteiger partial charge in [0.05, 0.1) is 22.4 Å². The van der Waals surface area contributed by atoms with E-state index in [0.717, 1.165) is 27.2 Å². The Kier molecular flexibility index (Phi) is 3.99. The van der Waals surface area contributed by atoms with Gasteiger partial charge >= 0.3 is 0 Å². The highest BCUT2D eigenvalue weighted by atomic mass is 79.9. The topological polar surface area (TPSA) is 80.5 Å². The molecule has 158 valence electrons. The number of non-ortho nitro benzene ring substituents is 1. The van der Waals surface area contributed by atoms with Crippen LogP contribution in [0.1, 0.15) is 28.2 Å². The van der Waals surface area contributed by atoms with Crippen LogP contribution in [0.15, 0.2) is 71.2 Å². The lowest BCUT2D eigenvalue weighted by atomic mass is 9.54. The van der Waals surface area contributed by atoms with Gasteiger partial charge in [0.1, 0.15) is 4.87 Å². The van der Waals surface area contributed by atoms with E-state index in [9.17, 15) is 19.7 Å². The molecule has 0 radical (unpaired) electrons. The number of hydrogen-bond acceptors (Lipinski definition) is 4. The summed E-state index contributed by atoms with van der Waals surface area (Å²) in [5, 5.41) is 11.1. The van der Waals surface area contributed by atoms with E-state index in [1.807, 2.05) is 48.5 Å². The number of nitrogens with zero attached hydrogens (tertiary/aromatic N) is 2. The third-order valence-corrected chi connectivity index (χ3v) is 8.17. The van der Waals surface area contributed by atoms with Crippen LogP contribution in [-0.2, 0) is 14.5 Å². The third-order valence-electron chi connectivity index (χ3n) is 6.90. The van der Waals surface area contributed by atoms with Gasteiger partial charge in [0.2, 0.25) is 11.8 Å². The summed E-state index contributed by atoms with van der Waals surface area (Å²) in [6.45, 7) is 0. The second kappa shape index (κ2) is 6.49. The van der Waals surface area contributed by atoms with Crippen LogP contribution in [0.4, 0.5) is 11.4 Å². The van der Waals surface area contributed by atoms with E-state index in [1.165, 1.54) is 18.2 Å². The monoisotopic (exact) mass is 508 g/mol. The number of nitro groups is 1. The van der Waals surface area contributed by atoms with Gasteiger partial charge in [-0.25, -0.2) is 4.90 Å². The number of carbonyl (C=O) groups excluding carboxylic acids is 2. The van der Waals surface area contributed by atoms with Crippen molar-refractivity contribution in [3.63, 3.8) is 0 Å². The second-order valence-corrected chi connectivity index (χ2v) is 9.72. The van der Waals surface area contributed by atoms with E-state index >= 15 is 0 Å². The molecule has 7 rings (SSSR count). The molecule has 0 saturated carbocycles. The van der Waals surface area contributed by atoms with Gasteiger partial charge in [-0.15, -0.1) is 11.6 Å². The normalized spacial score (nSPS) is 27.2. The second-order valence-electron chi connectivity index (χ2n) is 8.27. The first-order chi connectivity index (χ1) is 15.4. The number of alkyl halides is 1. The maximum Gasteiger partial charge on any atom is 0.270 e. The Labute approximate surface area is 196 Å². The maximum absolute atomic E-state index is 13.8. The summed E-state index contributed by atoms with van der Waals surface area (Å²) in [6.07, 6.45) is 0. The Morgan fingerprint density at radius 1 is 0.938 bits per heavy atom. The number of benzene rings is 3. The van der Waals surface area contributed by atoms with Gasteiger partial charge in [0.15, 0.2) is 0 Å². The fraction of sp³-hybridized carbons (Fsp3) is 0.167. The molecule has 3 aliphatic carbocycles. The van der Waals surface area contributed by atoms with Gasteiger partial charge in [0.25, 0.3) is 5.69 Å². The molecule has 2 amide bonds. The first kappa shape index (κ1) is 19.6. The molecule has 4 aliphatic rings. The Bertz CT molecular complexity index is 1330. The van der Waals surface area contributed by atoms with Crippen LogP contribution in [-0.4, -0.2) is 16.7 Å². The number of anilines is 1. The van der Waals surface area contributed by atoms with Crippen LogP contribution in [0.25, 0.3) is 0 Å². The highest BCUT2D eigenvalue weighted by Gasteiger charge is 2.68. The number of imide groups is 1. The van der Waals surface area contributed by atoms with E-state index in [4.69, 9.17) is 11.6 Å². The molecule has 6 nitrogen and oxygen atoms in total. The Hall–Kier alpha value is -3.03. The van der Waals surface area contributed by atoms with Crippen LogP contribution >= 0.6 is 27.5 Å². The van der Waals surface area contributed by atoms with Crippen LogP contribution in [0.2, 0.25) is 0 Å². The number of carbonyl (C=O) groups is 2. The summed E-state index contributed by atoms with van der Waals surface area (Å²) in [5.41, 5.74) is 3.80. The minimum absolute atomic E-state index is 0.133. The van der Waals surface area contributed by atoms with Gasteiger partial charge < -0.3 is 0 Å². The van der Waals surface area contributed by atoms with Crippen LogP contribution in [0.5, 0.6) is 0 Å². The first-order valence-electron chi connectivity index (χ1n) is 10.0. The summed E-state index contributed by atoms with van der Waals surface area (Å²) in [5.74, 6) is -2.43. The van der Waals surface area contributed by atoms with E-state index in [1.54, 1.807) is 0 Å². The van der Waals surface area contributed by atoms with Crippen molar-refractivity contribution in [1.82, 2.24) is 0 Å². The van der Waals surface area contributed by atoms with E-state index in [0.29, 0.717) is 4.47 Å². The molecule has 0 spiro atoms. The SMILES string of the molecule is O=C1[C@@H]2[C@@H](C(=O)N1c1ccc([N+](=O)[O-])cc1Br)C1c3ccccc3C2(Cl)c2ccccc21. The fourth-order valence-electron chi connectivity index (χ4n) is 5.71. The van der Waals surface area contributed by atoms with Crippen molar-refractivity contribution in [3.8, 4) is 0 Å². The molecule has 3 aromatic carbocycles. The van der Waals surface area contributed by atoms with Crippen molar-refractivity contribution in [2.75, 3.05) is 4.90 Å². The zero-order chi connectivity index (χ0) is 22.4. The molecule has 2 atom stereocenters. The lowest BCUT2D eigenvalue weighted by Gasteiger charge is -2.50. The molecule has 0 unspecified atom stereocenters. The van der Waals surface area contributed by atoms with Crippen molar-refractivity contribution < 1.29 is 14.5 Å². The number of nitro benzene ring substituents is 1. The minimum atomic E-state index is -1.17. The van der Waals surface area contributed by atoms with Gasteiger partial charge in [-0.3, -0.25) is 19.7 Å². The lowest BCUT2D eigenvalue weighted by molar-refractivity contribution is -0.384. The highest BCUT2D eigenvalue weighted by molar-refractivity contribution is 9.10. The van der Waals surface area contributed by atoms with E-state index in [-0.39, 0.29) is 23.2 Å². The maximum atomic E-state index is 13.8. The number of amides is 2. The molecule has 1 fully saturated rings. The number of halogens is 2. The highest BCUT2D eigenvalue weighted by Crippen LogP contribution is 2.66. The molecule has 1 aliphatic heterocycles. The van der Waals surface area contributed by atoms with Crippen LogP contribution in [0.3, 0.4) is 0 Å². The molecule has 2 bridgehead atoms. The van der Waals surface area contributed by atoms with Crippen LogP contribution in [0, 0.1) is 22.0 Å². The standard InChI is InChI=1S/C24H14BrClN2O4/c25-17-11-12(28(31)32)9-10-18(17)27-22(29)20-19-13-5-1-3-7-15(13)24(26,21(20)23(27)30)16-8-4-2-6-14(16)19/h1-11,19-21H/t19?,20-,21-,24?/m0/s1. The quantitative estimate of drug-likeness (QED) is 0.208. The fourth-order valence-corrected chi connectivity index (χ4v) is 6.82. The summed E-state index contributed by atoms with van der Waals surface area (Å²) < 4.78 is 0.304. The molecule has 3 aromatic rings. The van der Waals surface area contributed by atoms with E-state index in [2.05, 4.69) is 15.9 Å². The smallest absolute Gasteiger partial charge is 0.270 e. The average molecular weight is 510 g/mol. The van der Waals surface area contributed by atoms with Gasteiger partial charge in [-0.2, -0.15) is 0 Å². The first-order valence-corrected chi connectivity index (χ1v) is 11.2. The molecule has 1 saturated heterocycles. The van der Waals surface area contributed by atoms with Crippen molar-refractivity contribution in [1.29, 1.82) is 0 Å². The summed E-state index contributed by atoms with van der Waals surface area (Å²) in [7, 11) is 0. The van der Waals surface area contributed by atoms with Crippen LogP contribution < -0.4 is 4.90 Å². The predicted octanol–water partition coefficient (Wildman–Crippen LogP) is 5.10. The number of hydrogen-bond donors (Lipinski definition) is 0.